The Morgan fingerprint density at radius 3 is 2.75 bits per heavy atom. The van der Waals surface area contributed by atoms with E-state index in [2.05, 4.69) is 19.1 Å². The van der Waals surface area contributed by atoms with Gasteiger partial charge in [-0.3, -0.25) is 4.79 Å². The standard InChI is InChI=1S/C17H25NO2/c1-3-4-11-18(2)17(19)13-20-16-10-9-14-7-5-6-8-15(14)12-16/h9-10,12H,3-8,11,13H2,1-2H3. The van der Waals surface area contributed by atoms with Gasteiger partial charge in [0.05, 0.1) is 0 Å². The number of aryl methyl sites for hydroxylation is 2. The molecule has 2 rings (SSSR count). The van der Waals surface area contributed by atoms with E-state index in [1.165, 1.54) is 30.4 Å². The lowest BCUT2D eigenvalue weighted by Gasteiger charge is -2.19. The van der Waals surface area contributed by atoms with Crippen LogP contribution in [-0.2, 0) is 17.6 Å². The van der Waals surface area contributed by atoms with Gasteiger partial charge in [0.1, 0.15) is 5.75 Å². The minimum absolute atomic E-state index is 0.0520. The molecule has 1 aliphatic carbocycles. The topological polar surface area (TPSA) is 29.5 Å². The lowest BCUT2D eigenvalue weighted by Crippen LogP contribution is -2.32. The quantitative estimate of drug-likeness (QED) is 0.798. The third-order valence-electron chi connectivity index (χ3n) is 3.96. The molecule has 110 valence electrons. The molecule has 1 aromatic rings. The molecule has 1 amide bonds. The number of carbonyl (C=O) groups excluding carboxylic acids is 1. The number of amides is 1. The van der Waals surface area contributed by atoms with Crippen LogP contribution < -0.4 is 4.74 Å². The monoisotopic (exact) mass is 275 g/mol. The van der Waals surface area contributed by atoms with Crippen LogP contribution in [0.3, 0.4) is 0 Å². The zero-order valence-electron chi connectivity index (χ0n) is 12.7. The van der Waals surface area contributed by atoms with Crippen molar-refractivity contribution in [1.29, 1.82) is 0 Å². The van der Waals surface area contributed by atoms with Crippen LogP contribution in [0.15, 0.2) is 18.2 Å². The van der Waals surface area contributed by atoms with Gasteiger partial charge in [-0.05, 0) is 55.4 Å². The molecule has 0 fully saturated rings. The summed E-state index contributed by atoms with van der Waals surface area (Å²) in [5.41, 5.74) is 2.83. The van der Waals surface area contributed by atoms with Crippen LogP contribution in [0.2, 0.25) is 0 Å². The van der Waals surface area contributed by atoms with E-state index in [4.69, 9.17) is 4.74 Å². The first kappa shape index (κ1) is 14.9. The molecule has 1 aromatic carbocycles. The van der Waals surface area contributed by atoms with E-state index in [1.807, 2.05) is 13.1 Å². The summed E-state index contributed by atoms with van der Waals surface area (Å²) in [6.07, 6.45) is 7.00. The summed E-state index contributed by atoms with van der Waals surface area (Å²) >= 11 is 0. The van der Waals surface area contributed by atoms with Gasteiger partial charge in [-0.15, -0.1) is 0 Å². The van der Waals surface area contributed by atoms with Gasteiger partial charge in [-0.25, -0.2) is 0 Å². The van der Waals surface area contributed by atoms with Crippen LogP contribution in [0.25, 0.3) is 0 Å². The Morgan fingerprint density at radius 1 is 1.25 bits per heavy atom. The smallest absolute Gasteiger partial charge is 0.260 e. The molecule has 0 N–H and O–H groups in total. The molecule has 0 heterocycles. The molecule has 0 saturated heterocycles. The second-order valence-corrected chi connectivity index (χ2v) is 5.60. The Hall–Kier alpha value is -1.51. The van der Waals surface area contributed by atoms with Crippen molar-refractivity contribution < 1.29 is 9.53 Å². The zero-order chi connectivity index (χ0) is 14.4. The summed E-state index contributed by atoms with van der Waals surface area (Å²) in [5, 5.41) is 0. The third kappa shape index (κ3) is 3.99. The molecule has 0 radical (unpaired) electrons. The van der Waals surface area contributed by atoms with E-state index in [0.717, 1.165) is 31.6 Å². The number of unbranched alkanes of at least 4 members (excludes halogenated alkanes) is 1. The average molecular weight is 275 g/mol. The van der Waals surface area contributed by atoms with Gasteiger partial charge in [0.2, 0.25) is 0 Å². The van der Waals surface area contributed by atoms with Crippen molar-refractivity contribution in [2.75, 3.05) is 20.2 Å². The zero-order valence-corrected chi connectivity index (χ0v) is 12.7. The number of ether oxygens (including phenoxy) is 1. The first-order valence-electron chi connectivity index (χ1n) is 7.69. The van der Waals surface area contributed by atoms with Crippen LogP contribution >= 0.6 is 0 Å². The number of rotatable bonds is 6. The Kier molecular flexibility index (Phi) is 5.45. The van der Waals surface area contributed by atoms with Gasteiger partial charge in [-0.2, -0.15) is 0 Å². The highest BCUT2D eigenvalue weighted by Gasteiger charge is 2.12. The summed E-state index contributed by atoms with van der Waals surface area (Å²) in [6, 6.07) is 6.24. The molecular formula is C17H25NO2. The van der Waals surface area contributed by atoms with E-state index in [9.17, 15) is 4.79 Å². The summed E-state index contributed by atoms with van der Waals surface area (Å²) in [6.45, 7) is 3.07. The van der Waals surface area contributed by atoms with E-state index in [-0.39, 0.29) is 12.5 Å². The minimum atomic E-state index is 0.0520. The SMILES string of the molecule is CCCCN(C)C(=O)COc1ccc2c(c1)CCCC2. The van der Waals surface area contributed by atoms with Crippen molar-refractivity contribution in [2.24, 2.45) is 0 Å². The third-order valence-corrected chi connectivity index (χ3v) is 3.96. The average Bonchev–Trinajstić information content (AvgIpc) is 2.50. The lowest BCUT2D eigenvalue weighted by molar-refractivity contribution is -0.132. The van der Waals surface area contributed by atoms with Crippen LogP contribution in [0.4, 0.5) is 0 Å². The van der Waals surface area contributed by atoms with Gasteiger partial charge in [-0.1, -0.05) is 19.4 Å². The number of likely N-dealkylation sites (N-methyl/N-ethyl adjacent to an activating group) is 1. The molecule has 0 aliphatic heterocycles. The van der Waals surface area contributed by atoms with Crippen LogP contribution in [0, 0.1) is 0 Å². The van der Waals surface area contributed by atoms with Gasteiger partial charge in [0.15, 0.2) is 6.61 Å². The fourth-order valence-corrected chi connectivity index (χ4v) is 2.57. The molecular weight excluding hydrogens is 250 g/mol. The predicted octanol–water partition coefficient (Wildman–Crippen LogP) is 3.20. The Bertz CT molecular complexity index is 456. The molecule has 3 nitrogen and oxygen atoms in total. The minimum Gasteiger partial charge on any atom is -0.484 e. The first-order chi connectivity index (χ1) is 9.70. The van der Waals surface area contributed by atoms with Crippen molar-refractivity contribution in [2.45, 2.75) is 45.4 Å². The highest BCUT2D eigenvalue weighted by Crippen LogP contribution is 2.25. The molecule has 0 saturated carbocycles. The second-order valence-electron chi connectivity index (χ2n) is 5.60. The van der Waals surface area contributed by atoms with Crippen molar-refractivity contribution in [1.82, 2.24) is 4.90 Å². The summed E-state index contributed by atoms with van der Waals surface area (Å²) < 4.78 is 5.64. The van der Waals surface area contributed by atoms with Crippen LogP contribution in [-0.4, -0.2) is 31.0 Å². The fraction of sp³-hybridized carbons (Fsp3) is 0.588. The maximum absolute atomic E-state index is 11.9. The van der Waals surface area contributed by atoms with Gasteiger partial charge >= 0.3 is 0 Å². The lowest BCUT2D eigenvalue weighted by atomic mass is 9.92. The van der Waals surface area contributed by atoms with Gasteiger partial charge in [0.25, 0.3) is 5.91 Å². The molecule has 0 unspecified atom stereocenters. The molecule has 0 atom stereocenters. The molecule has 3 heteroatoms. The van der Waals surface area contributed by atoms with Crippen molar-refractivity contribution in [3.63, 3.8) is 0 Å². The second kappa shape index (κ2) is 7.32. The molecule has 1 aliphatic rings. The van der Waals surface area contributed by atoms with E-state index in [0.29, 0.717) is 0 Å². The summed E-state index contributed by atoms with van der Waals surface area (Å²) in [5.74, 6) is 0.874. The summed E-state index contributed by atoms with van der Waals surface area (Å²) in [7, 11) is 1.84. The number of hydrogen-bond donors (Lipinski definition) is 0. The van der Waals surface area contributed by atoms with Gasteiger partial charge in [0, 0.05) is 13.6 Å². The normalized spacial score (nSPS) is 13.7. The Morgan fingerprint density at radius 2 is 2.00 bits per heavy atom. The van der Waals surface area contributed by atoms with Crippen LogP contribution in [0.1, 0.15) is 43.7 Å². The maximum atomic E-state index is 11.9. The van der Waals surface area contributed by atoms with Crippen molar-refractivity contribution in [3.05, 3.63) is 29.3 Å². The largest absolute Gasteiger partial charge is 0.484 e. The predicted molar refractivity (Wildman–Crippen MR) is 81.1 cm³/mol. The van der Waals surface area contributed by atoms with Crippen molar-refractivity contribution >= 4 is 5.91 Å². The molecule has 0 spiro atoms. The highest BCUT2D eigenvalue weighted by molar-refractivity contribution is 5.77. The summed E-state index contributed by atoms with van der Waals surface area (Å²) in [4.78, 5) is 13.7. The van der Waals surface area contributed by atoms with E-state index in [1.54, 1.807) is 4.90 Å². The van der Waals surface area contributed by atoms with Crippen molar-refractivity contribution in [3.8, 4) is 5.75 Å². The maximum Gasteiger partial charge on any atom is 0.260 e. The van der Waals surface area contributed by atoms with E-state index >= 15 is 0 Å². The number of hydrogen-bond acceptors (Lipinski definition) is 2. The molecule has 0 bridgehead atoms. The number of benzene rings is 1. The fourth-order valence-electron chi connectivity index (χ4n) is 2.57. The molecule has 20 heavy (non-hydrogen) atoms. The number of carbonyl (C=O) groups is 1. The molecule has 0 aromatic heterocycles. The Balaban J connectivity index is 1.86. The first-order valence-corrected chi connectivity index (χ1v) is 7.69. The highest BCUT2D eigenvalue weighted by atomic mass is 16.5. The van der Waals surface area contributed by atoms with Gasteiger partial charge < -0.3 is 9.64 Å². The number of nitrogens with zero attached hydrogens (tertiary/aromatic N) is 1. The van der Waals surface area contributed by atoms with Crippen LogP contribution in [0.5, 0.6) is 5.75 Å². The van der Waals surface area contributed by atoms with E-state index < -0.39 is 0 Å². The Labute approximate surface area is 121 Å². The number of fused-ring (bicyclic) bond motifs is 1.